The summed E-state index contributed by atoms with van der Waals surface area (Å²) in [6.45, 7) is 7.05. The molecule has 4 rings (SSSR count). The largest absolute Gasteiger partial charge is 0.354 e. The molecular weight excluding hydrogens is 358 g/mol. The summed E-state index contributed by atoms with van der Waals surface area (Å²) in [7, 11) is 0. The molecule has 0 radical (unpaired) electrons. The molecule has 7 heteroatoms. The molecule has 1 saturated heterocycles. The van der Waals surface area contributed by atoms with Crippen molar-refractivity contribution in [1.82, 2.24) is 20.1 Å². The van der Waals surface area contributed by atoms with Crippen molar-refractivity contribution in [3.8, 4) is 0 Å². The van der Waals surface area contributed by atoms with Crippen molar-refractivity contribution < 1.29 is 4.79 Å². The van der Waals surface area contributed by atoms with Crippen molar-refractivity contribution in [2.75, 3.05) is 24.5 Å². The number of aryl methyl sites for hydroxylation is 2. The molecule has 1 aliphatic heterocycles. The van der Waals surface area contributed by atoms with Gasteiger partial charge in [0.05, 0.1) is 28.4 Å². The maximum Gasteiger partial charge on any atom is 0.224 e. The molecule has 0 aliphatic carbocycles. The van der Waals surface area contributed by atoms with Gasteiger partial charge in [0.15, 0.2) is 5.13 Å². The van der Waals surface area contributed by atoms with Crippen molar-refractivity contribution in [3.05, 3.63) is 41.7 Å². The first-order valence-corrected chi connectivity index (χ1v) is 10.3. The van der Waals surface area contributed by atoms with E-state index in [4.69, 9.17) is 4.98 Å². The maximum absolute atomic E-state index is 12.6. The van der Waals surface area contributed by atoms with Gasteiger partial charge in [-0.3, -0.25) is 9.48 Å². The van der Waals surface area contributed by atoms with Gasteiger partial charge < -0.3 is 10.2 Å². The van der Waals surface area contributed by atoms with Crippen LogP contribution in [0.1, 0.15) is 24.2 Å². The van der Waals surface area contributed by atoms with E-state index >= 15 is 0 Å². The van der Waals surface area contributed by atoms with E-state index in [2.05, 4.69) is 27.4 Å². The Morgan fingerprint density at radius 2 is 2.19 bits per heavy atom. The minimum Gasteiger partial charge on any atom is -0.354 e. The number of para-hydroxylation sites is 1. The first-order chi connectivity index (χ1) is 13.1. The lowest BCUT2D eigenvalue weighted by molar-refractivity contribution is -0.125. The fraction of sp³-hybridized carbons (Fsp3) is 0.450. The van der Waals surface area contributed by atoms with Crippen LogP contribution in [-0.4, -0.2) is 40.3 Å². The van der Waals surface area contributed by atoms with Crippen LogP contribution in [0.25, 0.3) is 10.2 Å². The van der Waals surface area contributed by atoms with Crippen LogP contribution in [0.5, 0.6) is 0 Å². The summed E-state index contributed by atoms with van der Waals surface area (Å²) >= 11 is 1.71. The summed E-state index contributed by atoms with van der Waals surface area (Å²) in [4.78, 5) is 19.7. The highest BCUT2D eigenvalue weighted by Crippen LogP contribution is 2.31. The number of hydrogen-bond donors (Lipinski definition) is 1. The predicted molar refractivity (Wildman–Crippen MR) is 109 cm³/mol. The topological polar surface area (TPSA) is 63.1 Å². The third-order valence-electron chi connectivity index (χ3n) is 5.07. The molecule has 3 heterocycles. The number of rotatable bonds is 5. The maximum atomic E-state index is 12.6. The van der Waals surface area contributed by atoms with E-state index in [9.17, 15) is 4.79 Å². The van der Waals surface area contributed by atoms with Gasteiger partial charge in [-0.25, -0.2) is 4.98 Å². The highest BCUT2D eigenvalue weighted by molar-refractivity contribution is 7.22. The smallest absolute Gasteiger partial charge is 0.224 e. The molecular formula is C20H25N5OS. The van der Waals surface area contributed by atoms with Gasteiger partial charge in [-0.05, 0) is 44.9 Å². The molecule has 142 valence electrons. The number of benzene rings is 1. The Morgan fingerprint density at radius 1 is 1.33 bits per heavy atom. The Balaban J connectivity index is 1.34. The SMILES string of the molecule is Cc1cc(C)n(CCNC(=O)C2CCCN(c3nc4ccccc4s3)C2)n1. The molecule has 1 aliphatic rings. The summed E-state index contributed by atoms with van der Waals surface area (Å²) in [5, 5.41) is 8.56. The number of nitrogens with zero attached hydrogens (tertiary/aromatic N) is 4. The summed E-state index contributed by atoms with van der Waals surface area (Å²) in [5.74, 6) is 0.161. The van der Waals surface area contributed by atoms with E-state index in [0.29, 0.717) is 13.1 Å². The zero-order valence-electron chi connectivity index (χ0n) is 15.8. The van der Waals surface area contributed by atoms with Gasteiger partial charge in [0.2, 0.25) is 5.91 Å². The van der Waals surface area contributed by atoms with Crippen LogP contribution in [0.2, 0.25) is 0 Å². The number of nitrogens with one attached hydrogen (secondary N) is 1. The van der Waals surface area contributed by atoms with E-state index in [1.165, 1.54) is 4.70 Å². The summed E-state index contributed by atoms with van der Waals surface area (Å²) in [6.07, 6.45) is 1.96. The second-order valence-corrected chi connectivity index (χ2v) is 8.20. The normalized spacial score (nSPS) is 17.4. The predicted octanol–water partition coefficient (Wildman–Crippen LogP) is 3.14. The van der Waals surface area contributed by atoms with E-state index in [0.717, 1.165) is 48.0 Å². The molecule has 1 amide bonds. The Morgan fingerprint density at radius 3 is 2.96 bits per heavy atom. The minimum atomic E-state index is 0.0196. The Labute approximate surface area is 163 Å². The van der Waals surface area contributed by atoms with Crippen LogP contribution < -0.4 is 10.2 Å². The van der Waals surface area contributed by atoms with Crippen molar-refractivity contribution in [2.45, 2.75) is 33.2 Å². The first-order valence-electron chi connectivity index (χ1n) is 9.49. The summed E-state index contributed by atoms with van der Waals surface area (Å²) in [5.41, 5.74) is 3.17. The second kappa shape index (κ2) is 7.68. The lowest BCUT2D eigenvalue weighted by Crippen LogP contribution is -2.43. The van der Waals surface area contributed by atoms with Crippen LogP contribution in [0.4, 0.5) is 5.13 Å². The monoisotopic (exact) mass is 383 g/mol. The highest BCUT2D eigenvalue weighted by atomic mass is 32.1. The van der Waals surface area contributed by atoms with Crippen LogP contribution in [0.15, 0.2) is 30.3 Å². The molecule has 0 bridgehead atoms. The number of anilines is 1. The summed E-state index contributed by atoms with van der Waals surface area (Å²) < 4.78 is 3.15. The molecule has 0 spiro atoms. The first kappa shape index (κ1) is 18.0. The molecule has 2 aromatic heterocycles. The van der Waals surface area contributed by atoms with Gasteiger partial charge in [-0.15, -0.1) is 0 Å². The lowest BCUT2D eigenvalue weighted by Gasteiger charge is -2.31. The number of aromatic nitrogens is 3. The molecule has 1 unspecified atom stereocenters. The van der Waals surface area contributed by atoms with E-state index in [1.54, 1.807) is 11.3 Å². The van der Waals surface area contributed by atoms with E-state index in [-0.39, 0.29) is 11.8 Å². The standard InChI is InChI=1S/C20H25N5OS/c1-14-12-15(2)25(23-14)11-9-21-19(26)16-6-5-10-24(13-16)20-22-17-7-3-4-8-18(17)27-20/h3-4,7-8,12,16H,5-6,9-11,13H2,1-2H3,(H,21,26). The zero-order chi connectivity index (χ0) is 18.8. The number of carbonyl (C=O) groups excluding carboxylic acids is 1. The van der Waals surface area contributed by atoms with Gasteiger partial charge in [-0.1, -0.05) is 23.5 Å². The Bertz CT molecular complexity index is 914. The van der Waals surface area contributed by atoms with Crippen LogP contribution in [0.3, 0.4) is 0 Å². The van der Waals surface area contributed by atoms with Gasteiger partial charge in [0.25, 0.3) is 0 Å². The van der Waals surface area contributed by atoms with Crippen molar-refractivity contribution in [2.24, 2.45) is 5.92 Å². The molecule has 1 atom stereocenters. The molecule has 27 heavy (non-hydrogen) atoms. The second-order valence-electron chi connectivity index (χ2n) is 7.19. The van der Waals surface area contributed by atoms with Gasteiger partial charge >= 0.3 is 0 Å². The van der Waals surface area contributed by atoms with Crippen LogP contribution in [0, 0.1) is 19.8 Å². The third kappa shape index (κ3) is 3.98. The molecule has 1 aromatic carbocycles. The average molecular weight is 384 g/mol. The third-order valence-corrected chi connectivity index (χ3v) is 6.17. The fourth-order valence-electron chi connectivity index (χ4n) is 3.69. The number of amides is 1. The molecule has 1 fully saturated rings. The molecule has 6 nitrogen and oxygen atoms in total. The molecule has 1 N–H and O–H groups in total. The lowest BCUT2D eigenvalue weighted by atomic mass is 9.97. The quantitative estimate of drug-likeness (QED) is 0.735. The number of hydrogen-bond acceptors (Lipinski definition) is 5. The fourth-order valence-corrected chi connectivity index (χ4v) is 4.69. The summed E-state index contributed by atoms with van der Waals surface area (Å²) in [6, 6.07) is 10.3. The van der Waals surface area contributed by atoms with Crippen molar-refractivity contribution in [3.63, 3.8) is 0 Å². The Kier molecular flexibility index (Phi) is 5.11. The minimum absolute atomic E-state index is 0.0196. The highest BCUT2D eigenvalue weighted by Gasteiger charge is 2.27. The van der Waals surface area contributed by atoms with Gasteiger partial charge in [0, 0.05) is 25.3 Å². The van der Waals surface area contributed by atoms with Crippen LogP contribution >= 0.6 is 11.3 Å². The molecule has 0 saturated carbocycles. The number of piperidine rings is 1. The van der Waals surface area contributed by atoms with Gasteiger partial charge in [0.1, 0.15) is 0 Å². The van der Waals surface area contributed by atoms with Crippen molar-refractivity contribution in [1.29, 1.82) is 0 Å². The van der Waals surface area contributed by atoms with Crippen molar-refractivity contribution >= 4 is 32.6 Å². The zero-order valence-corrected chi connectivity index (χ0v) is 16.6. The number of carbonyl (C=O) groups is 1. The van der Waals surface area contributed by atoms with Gasteiger partial charge in [-0.2, -0.15) is 5.10 Å². The number of fused-ring (bicyclic) bond motifs is 1. The average Bonchev–Trinajstić information content (AvgIpc) is 3.24. The van der Waals surface area contributed by atoms with E-state index in [1.807, 2.05) is 36.7 Å². The Hall–Kier alpha value is -2.41. The molecule has 3 aromatic rings. The number of thiazole rings is 1. The van der Waals surface area contributed by atoms with Crippen LogP contribution in [-0.2, 0) is 11.3 Å². The van der Waals surface area contributed by atoms with E-state index < -0.39 is 0 Å².